The molecule has 1 amide bonds. The highest BCUT2D eigenvalue weighted by molar-refractivity contribution is 5.76. The molecule has 5 heteroatoms. The van der Waals surface area contributed by atoms with Crippen LogP contribution in [0.2, 0.25) is 0 Å². The number of ether oxygens (including phenoxy) is 1. The first-order chi connectivity index (χ1) is 13.2. The number of piperazine rings is 1. The van der Waals surface area contributed by atoms with Crippen molar-refractivity contribution in [2.24, 2.45) is 0 Å². The van der Waals surface area contributed by atoms with Crippen LogP contribution >= 0.6 is 0 Å². The summed E-state index contributed by atoms with van der Waals surface area (Å²) in [6, 6.07) is 14.6. The van der Waals surface area contributed by atoms with E-state index >= 15 is 0 Å². The molecule has 3 rings (SSSR count). The van der Waals surface area contributed by atoms with Crippen molar-refractivity contribution in [3.63, 3.8) is 0 Å². The van der Waals surface area contributed by atoms with Crippen molar-refractivity contribution >= 4 is 11.6 Å². The van der Waals surface area contributed by atoms with E-state index < -0.39 is 0 Å². The maximum atomic E-state index is 12.9. The van der Waals surface area contributed by atoms with Crippen molar-refractivity contribution in [1.29, 1.82) is 0 Å². The molecule has 27 heavy (non-hydrogen) atoms. The highest BCUT2D eigenvalue weighted by atomic mass is 19.1. The number of benzene rings is 2. The van der Waals surface area contributed by atoms with E-state index in [-0.39, 0.29) is 11.7 Å². The van der Waals surface area contributed by atoms with Crippen LogP contribution in [0.3, 0.4) is 0 Å². The topological polar surface area (TPSA) is 32.8 Å². The van der Waals surface area contributed by atoms with Gasteiger partial charge in [0.25, 0.3) is 0 Å². The summed E-state index contributed by atoms with van der Waals surface area (Å²) in [5.41, 5.74) is 2.21. The number of carbonyl (C=O) groups excluding carboxylic acids is 1. The quantitative estimate of drug-likeness (QED) is 0.693. The van der Waals surface area contributed by atoms with Gasteiger partial charge in [0, 0.05) is 32.6 Å². The standard InChI is InChI=1S/C22H27FN2O2/c1-27-21-8-4-3-7-20(21)24-14-16-25(17-15-24)22(26)9-5-2-6-18-10-12-19(23)13-11-18/h3-4,7-8,10-13H,2,5-6,9,14-17H2,1H3. The Balaban J connectivity index is 1.40. The zero-order valence-corrected chi connectivity index (χ0v) is 15.9. The second kappa shape index (κ2) is 9.40. The highest BCUT2D eigenvalue weighted by Gasteiger charge is 2.22. The Morgan fingerprint density at radius 2 is 1.70 bits per heavy atom. The summed E-state index contributed by atoms with van der Waals surface area (Å²) in [7, 11) is 1.69. The molecule has 0 aliphatic carbocycles. The number of nitrogens with zero attached hydrogens (tertiary/aromatic N) is 2. The Hall–Kier alpha value is -2.56. The first-order valence-electron chi connectivity index (χ1n) is 9.57. The van der Waals surface area contributed by atoms with Crippen LogP contribution in [0.4, 0.5) is 10.1 Å². The van der Waals surface area contributed by atoms with Crippen molar-refractivity contribution in [1.82, 2.24) is 4.90 Å². The molecule has 0 aromatic heterocycles. The molecule has 0 atom stereocenters. The third-order valence-corrected chi connectivity index (χ3v) is 5.08. The average molecular weight is 370 g/mol. The van der Waals surface area contributed by atoms with E-state index in [1.807, 2.05) is 35.2 Å². The molecule has 1 fully saturated rings. The van der Waals surface area contributed by atoms with Crippen molar-refractivity contribution in [2.45, 2.75) is 25.7 Å². The second-order valence-electron chi connectivity index (χ2n) is 6.87. The van der Waals surface area contributed by atoms with Gasteiger partial charge in [-0.05, 0) is 49.1 Å². The minimum absolute atomic E-state index is 0.207. The number of aryl methyl sites for hydroxylation is 1. The van der Waals surface area contributed by atoms with Crippen LogP contribution in [0, 0.1) is 5.82 Å². The maximum absolute atomic E-state index is 12.9. The molecule has 1 saturated heterocycles. The van der Waals surface area contributed by atoms with Crippen LogP contribution in [0.1, 0.15) is 24.8 Å². The summed E-state index contributed by atoms with van der Waals surface area (Å²) in [5, 5.41) is 0. The van der Waals surface area contributed by atoms with Crippen LogP contribution in [0.25, 0.3) is 0 Å². The summed E-state index contributed by atoms with van der Waals surface area (Å²) < 4.78 is 18.3. The first-order valence-corrected chi connectivity index (χ1v) is 9.57. The van der Waals surface area contributed by atoms with E-state index in [1.54, 1.807) is 7.11 Å². The Kier molecular flexibility index (Phi) is 6.69. The lowest BCUT2D eigenvalue weighted by molar-refractivity contribution is -0.131. The molecule has 4 nitrogen and oxygen atoms in total. The molecule has 1 aliphatic heterocycles. The van der Waals surface area contributed by atoms with Gasteiger partial charge in [-0.3, -0.25) is 4.79 Å². The van der Waals surface area contributed by atoms with Gasteiger partial charge in [0.2, 0.25) is 5.91 Å². The van der Waals surface area contributed by atoms with Crippen LogP contribution < -0.4 is 9.64 Å². The van der Waals surface area contributed by atoms with E-state index in [9.17, 15) is 9.18 Å². The van der Waals surface area contributed by atoms with Crippen molar-refractivity contribution < 1.29 is 13.9 Å². The first kappa shape index (κ1) is 19.2. The number of anilines is 1. The fourth-order valence-corrected chi connectivity index (χ4v) is 3.50. The lowest BCUT2D eigenvalue weighted by Gasteiger charge is -2.36. The molecule has 0 bridgehead atoms. The molecular weight excluding hydrogens is 343 g/mol. The van der Waals surface area contributed by atoms with E-state index in [2.05, 4.69) is 11.0 Å². The zero-order chi connectivity index (χ0) is 19.1. The molecule has 1 heterocycles. The van der Waals surface area contributed by atoms with Gasteiger partial charge < -0.3 is 14.5 Å². The van der Waals surface area contributed by atoms with Gasteiger partial charge in [-0.15, -0.1) is 0 Å². The van der Waals surface area contributed by atoms with E-state index in [4.69, 9.17) is 4.74 Å². The number of halogens is 1. The van der Waals surface area contributed by atoms with Crippen molar-refractivity contribution in [2.75, 3.05) is 38.2 Å². The lowest BCUT2D eigenvalue weighted by Crippen LogP contribution is -2.48. The number of hydrogen-bond donors (Lipinski definition) is 0. The number of unbranched alkanes of at least 4 members (excludes halogenated alkanes) is 1. The van der Waals surface area contributed by atoms with Crippen molar-refractivity contribution in [3.05, 3.63) is 59.9 Å². The van der Waals surface area contributed by atoms with Gasteiger partial charge in [-0.1, -0.05) is 24.3 Å². The van der Waals surface area contributed by atoms with E-state index in [0.29, 0.717) is 6.42 Å². The summed E-state index contributed by atoms with van der Waals surface area (Å²) in [6.45, 7) is 3.13. The molecule has 0 N–H and O–H groups in total. The molecule has 144 valence electrons. The SMILES string of the molecule is COc1ccccc1N1CCN(C(=O)CCCCc2ccc(F)cc2)CC1. The Bertz CT molecular complexity index is 740. The third-order valence-electron chi connectivity index (χ3n) is 5.08. The van der Waals surface area contributed by atoms with Gasteiger partial charge in [0.1, 0.15) is 11.6 Å². The average Bonchev–Trinajstić information content (AvgIpc) is 2.72. The minimum atomic E-state index is -0.207. The zero-order valence-electron chi connectivity index (χ0n) is 15.9. The van der Waals surface area contributed by atoms with E-state index in [0.717, 1.165) is 62.4 Å². The van der Waals surface area contributed by atoms with E-state index in [1.165, 1.54) is 12.1 Å². The fraction of sp³-hybridized carbons (Fsp3) is 0.409. The maximum Gasteiger partial charge on any atom is 0.222 e. The largest absolute Gasteiger partial charge is 0.495 e. The highest BCUT2D eigenvalue weighted by Crippen LogP contribution is 2.28. The molecule has 2 aromatic rings. The van der Waals surface area contributed by atoms with Gasteiger partial charge in [-0.25, -0.2) is 4.39 Å². The molecule has 0 spiro atoms. The smallest absolute Gasteiger partial charge is 0.222 e. The monoisotopic (exact) mass is 370 g/mol. The van der Waals surface area contributed by atoms with Crippen LogP contribution in [0.15, 0.2) is 48.5 Å². The predicted molar refractivity (Wildman–Crippen MR) is 106 cm³/mol. The molecule has 1 aliphatic rings. The molecule has 0 saturated carbocycles. The molecule has 0 radical (unpaired) electrons. The number of carbonyl (C=O) groups is 1. The third kappa shape index (κ3) is 5.22. The summed E-state index contributed by atoms with van der Waals surface area (Å²) in [5.74, 6) is 0.896. The second-order valence-corrected chi connectivity index (χ2v) is 6.87. The van der Waals surface area contributed by atoms with Crippen LogP contribution in [0.5, 0.6) is 5.75 Å². The lowest BCUT2D eigenvalue weighted by atomic mass is 10.1. The summed E-state index contributed by atoms with van der Waals surface area (Å²) in [6.07, 6.45) is 3.27. The van der Waals surface area contributed by atoms with Gasteiger partial charge >= 0.3 is 0 Å². The Labute approximate surface area is 160 Å². The fourth-order valence-electron chi connectivity index (χ4n) is 3.50. The van der Waals surface area contributed by atoms with Crippen molar-refractivity contribution in [3.8, 4) is 5.75 Å². The van der Waals surface area contributed by atoms with Gasteiger partial charge in [0.05, 0.1) is 12.8 Å². The normalized spacial score (nSPS) is 14.3. The predicted octanol–water partition coefficient (Wildman–Crippen LogP) is 3.90. The summed E-state index contributed by atoms with van der Waals surface area (Å²) >= 11 is 0. The summed E-state index contributed by atoms with van der Waals surface area (Å²) in [4.78, 5) is 16.7. The van der Waals surface area contributed by atoms with Crippen LogP contribution in [-0.4, -0.2) is 44.1 Å². The number of amides is 1. The minimum Gasteiger partial charge on any atom is -0.495 e. The Morgan fingerprint density at radius 3 is 2.41 bits per heavy atom. The van der Waals surface area contributed by atoms with Gasteiger partial charge in [0.15, 0.2) is 0 Å². The number of methoxy groups -OCH3 is 1. The van der Waals surface area contributed by atoms with Gasteiger partial charge in [-0.2, -0.15) is 0 Å². The molecule has 0 unspecified atom stereocenters. The number of rotatable bonds is 7. The Morgan fingerprint density at radius 1 is 1.00 bits per heavy atom. The molecule has 2 aromatic carbocycles. The molecular formula is C22H27FN2O2. The number of para-hydroxylation sites is 2. The van der Waals surface area contributed by atoms with Crippen LogP contribution in [-0.2, 0) is 11.2 Å². The number of hydrogen-bond acceptors (Lipinski definition) is 3.